The average Bonchev–Trinajstić information content (AvgIpc) is 2.91. The fraction of sp³-hybridized carbons (Fsp3) is 0.500. The molecule has 1 fully saturated rings. The molecule has 0 bridgehead atoms. The summed E-state index contributed by atoms with van der Waals surface area (Å²) in [5, 5.41) is 13.0. The van der Waals surface area contributed by atoms with Crippen LogP contribution in [0.1, 0.15) is 39.2 Å². The molecule has 1 aliphatic rings. The van der Waals surface area contributed by atoms with Crippen molar-refractivity contribution in [3.63, 3.8) is 0 Å². The lowest BCUT2D eigenvalue weighted by Crippen LogP contribution is -2.46. The van der Waals surface area contributed by atoms with E-state index in [1.165, 1.54) is 0 Å². The molecule has 1 unspecified atom stereocenters. The van der Waals surface area contributed by atoms with Gasteiger partial charge in [-0.3, -0.25) is 9.69 Å². The second-order valence-electron chi connectivity index (χ2n) is 6.51. The maximum absolute atomic E-state index is 12.6. The maximum atomic E-state index is 12.6. The molecule has 3 amide bonds. The molecule has 0 radical (unpaired) electrons. The minimum atomic E-state index is -1.01. The van der Waals surface area contributed by atoms with Crippen LogP contribution < -0.4 is 14.8 Å². The van der Waals surface area contributed by atoms with Crippen molar-refractivity contribution in [1.29, 1.82) is 0 Å². The number of hydrogen-bond acceptors (Lipinski definition) is 5. The van der Waals surface area contributed by atoms with Gasteiger partial charge in [-0.2, -0.15) is 0 Å². The highest BCUT2D eigenvalue weighted by atomic mass is 16.5. The fourth-order valence-electron chi connectivity index (χ4n) is 3.12. The molecule has 148 valence electrons. The molecule has 7 heteroatoms. The number of hydrogen-bond donors (Lipinski definition) is 2. The number of allylic oxidation sites excluding steroid dienone is 1. The van der Waals surface area contributed by atoms with Gasteiger partial charge in [0.2, 0.25) is 0 Å². The Bertz CT molecular complexity index is 712. The first-order valence-electron chi connectivity index (χ1n) is 9.16. The molecule has 0 saturated carbocycles. The molecule has 2 N–H and O–H groups in total. The van der Waals surface area contributed by atoms with Gasteiger partial charge in [-0.15, -0.1) is 0 Å². The number of aliphatic hydroxyl groups is 1. The van der Waals surface area contributed by atoms with Gasteiger partial charge in [-0.25, -0.2) is 4.79 Å². The van der Waals surface area contributed by atoms with Gasteiger partial charge in [0.1, 0.15) is 18.2 Å². The highest BCUT2D eigenvalue weighted by molar-refractivity contribution is 6.07. The van der Waals surface area contributed by atoms with Gasteiger partial charge in [0, 0.05) is 0 Å². The molecular weight excluding hydrogens is 348 g/mol. The summed E-state index contributed by atoms with van der Waals surface area (Å²) in [4.78, 5) is 25.8. The molecular formula is C20H28N2O5. The Morgan fingerprint density at radius 3 is 2.52 bits per heavy atom. The van der Waals surface area contributed by atoms with Gasteiger partial charge in [-0.05, 0) is 37.5 Å². The van der Waals surface area contributed by atoms with Crippen LogP contribution in [-0.4, -0.2) is 53.8 Å². The van der Waals surface area contributed by atoms with E-state index in [2.05, 4.69) is 5.32 Å². The van der Waals surface area contributed by atoms with E-state index in [9.17, 15) is 14.7 Å². The summed E-state index contributed by atoms with van der Waals surface area (Å²) in [5.74, 6) is 0.729. The lowest BCUT2D eigenvalue weighted by Gasteiger charge is -2.24. The van der Waals surface area contributed by atoms with Crippen molar-refractivity contribution in [3.05, 3.63) is 29.8 Å². The third kappa shape index (κ3) is 4.42. The second kappa shape index (κ2) is 8.90. The van der Waals surface area contributed by atoms with Crippen LogP contribution in [-0.2, 0) is 4.79 Å². The van der Waals surface area contributed by atoms with Crippen LogP contribution in [0.25, 0.3) is 6.08 Å². The lowest BCUT2D eigenvalue weighted by atomic mass is 9.93. The standard InChI is InChI=1S/C20H28N2O5/c1-5-8-14-9-10-16(17(11-14)26-4)27-13-15(23)12-22-18(24)20(6-2,7-3)21-19(22)25/h5,8-11,15,23H,6-7,12-13H2,1-4H3,(H,21,25)/b8-5+. The molecule has 1 aromatic carbocycles. The van der Waals surface area contributed by atoms with Crippen molar-refractivity contribution in [2.24, 2.45) is 0 Å². The van der Waals surface area contributed by atoms with E-state index in [0.29, 0.717) is 24.3 Å². The van der Waals surface area contributed by atoms with Crippen molar-refractivity contribution < 1.29 is 24.2 Å². The number of β-amino-alcohol motifs (C(OH)–C–C–N with tert-alkyl or cyclic N) is 1. The molecule has 1 saturated heterocycles. The quantitative estimate of drug-likeness (QED) is 0.647. The van der Waals surface area contributed by atoms with E-state index in [4.69, 9.17) is 9.47 Å². The van der Waals surface area contributed by atoms with Crippen molar-refractivity contribution >= 4 is 18.0 Å². The molecule has 27 heavy (non-hydrogen) atoms. The molecule has 1 atom stereocenters. The van der Waals surface area contributed by atoms with Crippen LogP contribution in [0.5, 0.6) is 11.5 Å². The molecule has 1 aliphatic heterocycles. The summed E-state index contributed by atoms with van der Waals surface area (Å²) in [7, 11) is 1.54. The number of nitrogens with zero attached hydrogens (tertiary/aromatic N) is 1. The van der Waals surface area contributed by atoms with E-state index < -0.39 is 17.7 Å². The summed E-state index contributed by atoms with van der Waals surface area (Å²) >= 11 is 0. The largest absolute Gasteiger partial charge is 0.493 e. The van der Waals surface area contributed by atoms with Crippen molar-refractivity contribution in [2.45, 2.75) is 45.3 Å². The number of benzene rings is 1. The number of ether oxygens (including phenoxy) is 2. The minimum Gasteiger partial charge on any atom is -0.493 e. The van der Waals surface area contributed by atoms with Crippen LogP contribution in [0.2, 0.25) is 0 Å². The van der Waals surface area contributed by atoms with E-state index in [0.717, 1.165) is 10.5 Å². The lowest BCUT2D eigenvalue weighted by molar-refractivity contribution is -0.132. The first-order chi connectivity index (χ1) is 12.9. The molecule has 0 aromatic heterocycles. The zero-order chi connectivity index (χ0) is 20.0. The predicted molar refractivity (Wildman–Crippen MR) is 103 cm³/mol. The van der Waals surface area contributed by atoms with Gasteiger partial charge in [-0.1, -0.05) is 32.1 Å². The number of nitrogens with one attached hydrogen (secondary N) is 1. The number of aliphatic hydroxyl groups excluding tert-OH is 1. The zero-order valence-electron chi connectivity index (χ0n) is 16.3. The van der Waals surface area contributed by atoms with Crippen molar-refractivity contribution in [1.82, 2.24) is 10.2 Å². The van der Waals surface area contributed by atoms with Gasteiger partial charge in [0.25, 0.3) is 5.91 Å². The van der Waals surface area contributed by atoms with Crippen molar-refractivity contribution in [2.75, 3.05) is 20.3 Å². The van der Waals surface area contributed by atoms with Crippen LogP contribution in [0.15, 0.2) is 24.3 Å². The third-order valence-corrected chi connectivity index (χ3v) is 4.82. The molecule has 1 aromatic rings. The summed E-state index contributed by atoms with van der Waals surface area (Å²) in [6, 6.07) is 4.98. The molecule has 0 spiro atoms. The first-order valence-corrected chi connectivity index (χ1v) is 9.16. The van der Waals surface area contributed by atoms with Crippen LogP contribution in [0.3, 0.4) is 0 Å². The van der Waals surface area contributed by atoms with Gasteiger partial charge in [0.05, 0.1) is 13.7 Å². The normalized spacial score (nSPS) is 17.3. The Kier molecular flexibility index (Phi) is 6.85. The van der Waals surface area contributed by atoms with E-state index >= 15 is 0 Å². The Morgan fingerprint density at radius 1 is 1.26 bits per heavy atom. The summed E-state index contributed by atoms with van der Waals surface area (Å²) < 4.78 is 11.0. The number of imide groups is 1. The smallest absolute Gasteiger partial charge is 0.325 e. The van der Waals surface area contributed by atoms with Gasteiger partial charge >= 0.3 is 6.03 Å². The number of carbonyl (C=O) groups excluding carboxylic acids is 2. The number of rotatable bonds is 9. The second-order valence-corrected chi connectivity index (χ2v) is 6.51. The number of urea groups is 1. The highest BCUT2D eigenvalue weighted by Gasteiger charge is 2.48. The summed E-state index contributed by atoms with van der Waals surface area (Å²) in [5.41, 5.74) is 0.0980. The average molecular weight is 376 g/mol. The van der Waals surface area contributed by atoms with Crippen LogP contribution >= 0.6 is 0 Å². The highest BCUT2D eigenvalue weighted by Crippen LogP contribution is 2.29. The number of amides is 3. The maximum Gasteiger partial charge on any atom is 0.325 e. The molecule has 1 heterocycles. The summed E-state index contributed by atoms with van der Waals surface area (Å²) in [6.45, 7) is 5.45. The SMILES string of the molecule is C/C=C/c1ccc(OCC(O)CN2C(=O)NC(CC)(CC)C2=O)c(OC)c1. The first kappa shape index (κ1) is 20.8. The van der Waals surface area contributed by atoms with Crippen LogP contribution in [0, 0.1) is 0 Å². The zero-order valence-corrected chi connectivity index (χ0v) is 16.3. The van der Waals surface area contributed by atoms with Gasteiger partial charge < -0.3 is 19.9 Å². The Morgan fingerprint density at radius 2 is 1.96 bits per heavy atom. The number of carbonyl (C=O) groups is 2. The Hall–Kier alpha value is -2.54. The molecule has 7 nitrogen and oxygen atoms in total. The van der Waals surface area contributed by atoms with E-state index in [1.807, 2.05) is 45.1 Å². The molecule has 0 aliphatic carbocycles. The van der Waals surface area contributed by atoms with Gasteiger partial charge in [0.15, 0.2) is 11.5 Å². The third-order valence-electron chi connectivity index (χ3n) is 4.82. The number of methoxy groups -OCH3 is 1. The van der Waals surface area contributed by atoms with Crippen LogP contribution in [0.4, 0.5) is 4.79 Å². The fourth-order valence-corrected chi connectivity index (χ4v) is 3.12. The Labute approximate surface area is 159 Å². The van der Waals surface area contributed by atoms with Crippen molar-refractivity contribution in [3.8, 4) is 11.5 Å². The summed E-state index contributed by atoms with van der Waals surface area (Å²) in [6.07, 6.45) is 3.86. The molecule has 2 rings (SSSR count). The van der Waals surface area contributed by atoms with E-state index in [-0.39, 0.29) is 19.1 Å². The minimum absolute atomic E-state index is 0.0678. The predicted octanol–water partition coefficient (Wildman–Crippen LogP) is 2.58. The monoisotopic (exact) mass is 376 g/mol. The topological polar surface area (TPSA) is 88.1 Å². The Balaban J connectivity index is 2.00. The van der Waals surface area contributed by atoms with E-state index in [1.54, 1.807) is 13.2 Å².